The third-order valence-corrected chi connectivity index (χ3v) is 5.57. The summed E-state index contributed by atoms with van der Waals surface area (Å²) in [6.45, 7) is 1.53. The number of anilines is 1. The molecule has 4 nitrogen and oxygen atoms in total. The largest absolute Gasteiger partial charge is 0.481 e. The SMILES string of the molecule is O=C(O)C1CCN(c2nc(-c3cccc4ccccc34)cs2)CC1. The second kappa shape index (κ2) is 6.24. The molecule has 122 valence electrons. The summed E-state index contributed by atoms with van der Waals surface area (Å²) in [6.07, 6.45) is 1.39. The van der Waals surface area contributed by atoms with Crippen LogP contribution >= 0.6 is 11.3 Å². The third kappa shape index (κ3) is 2.76. The molecule has 1 aliphatic rings. The number of rotatable bonds is 3. The number of carboxylic acids is 1. The maximum Gasteiger partial charge on any atom is 0.306 e. The van der Waals surface area contributed by atoms with Crippen LogP contribution in [0.15, 0.2) is 47.8 Å². The molecule has 5 heteroatoms. The lowest BCUT2D eigenvalue weighted by atomic mass is 9.97. The quantitative estimate of drug-likeness (QED) is 0.775. The molecule has 1 saturated heterocycles. The molecule has 2 heterocycles. The normalized spacial score (nSPS) is 15.8. The molecule has 0 bridgehead atoms. The molecular weight excluding hydrogens is 320 g/mol. The molecule has 1 fully saturated rings. The number of nitrogens with zero attached hydrogens (tertiary/aromatic N) is 2. The first-order valence-corrected chi connectivity index (χ1v) is 9.02. The van der Waals surface area contributed by atoms with Crippen LogP contribution in [0.5, 0.6) is 0 Å². The van der Waals surface area contributed by atoms with Gasteiger partial charge in [0.1, 0.15) is 0 Å². The van der Waals surface area contributed by atoms with Gasteiger partial charge in [-0.3, -0.25) is 4.79 Å². The van der Waals surface area contributed by atoms with E-state index < -0.39 is 5.97 Å². The lowest BCUT2D eigenvalue weighted by Gasteiger charge is -2.29. The molecule has 0 atom stereocenters. The number of aliphatic carboxylic acids is 1. The summed E-state index contributed by atoms with van der Waals surface area (Å²) in [5.41, 5.74) is 2.14. The molecule has 0 unspecified atom stereocenters. The van der Waals surface area contributed by atoms with Gasteiger partial charge in [-0.2, -0.15) is 0 Å². The fraction of sp³-hybridized carbons (Fsp3) is 0.263. The fourth-order valence-electron chi connectivity index (χ4n) is 3.30. The van der Waals surface area contributed by atoms with E-state index in [1.807, 2.05) is 6.07 Å². The molecule has 1 aromatic heterocycles. The van der Waals surface area contributed by atoms with Gasteiger partial charge in [-0.05, 0) is 23.6 Å². The summed E-state index contributed by atoms with van der Waals surface area (Å²) >= 11 is 1.64. The molecule has 1 N–H and O–H groups in total. The predicted molar refractivity (Wildman–Crippen MR) is 97.6 cm³/mol. The standard InChI is InChI=1S/C19H18N2O2S/c22-18(23)14-8-10-21(11-9-14)19-20-17(12-24-19)16-7-3-5-13-4-1-2-6-15(13)16/h1-7,12,14H,8-11H2,(H,22,23). The number of benzene rings is 2. The predicted octanol–water partition coefficient (Wildman–Crippen LogP) is 4.26. The molecule has 24 heavy (non-hydrogen) atoms. The van der Waals surface area contributed by atoms with E-state index in [0.717, 1.165) is 29.5 Å². The highest BCUT2D eigenvalue weighted by Crippen LogP contribution is 2.33. The molecule has 0 saturated carbocycles. The minimum Gasteiger partial charge on any atom is -0.481 e. The Morgan fingerprint density at radius 2 is 1.88 bits per heavy atom. The van der Waals surface area contributed by atoms with Gasteiger partial charge < -0.3 is 10.0 Å². The lowest BCUT2D eigenvalue weighted by molar-refractivity contribution is -0.142. The van der Waals surface area contributed by atoms with Crippen molar-refractivity contribution in [2.45, 2.75) is 12.8 Å². The monoisotopic (exact) mass is 338 g/mol. The number of piperidine rings is 1. The van der Waals surface area contributed by atoms with Crippen molar-refractivity contribution < 1.29 is 9.90 Å². The molecule has 4 rings (SSSR count). The van der Waals surface area contributed by atoms with Gasteiger partial charge in [0, 0.05) is 24.0 Å². The molecule has 0 amide bonds. The van der Waals surface area contributed by atoms with Crippen LogP contribution in [0.3, 0.4) is 0 Å². The Kier molecular flexibility index (Phi) is 3.94. The summed E-state index contributed by atoms with van der Waals surface area (Å²) in [7, 11) is 0. The van der Waals surface area contributed by atoms with E-state index in [4.69, 9.17) is 10.1 Å². The number of thiazole rings is 1. The van der Waals surface area contributed by atoms with Gasteiger partial charge in [-0.25, -0.2) is 4.98 Å². The summed E-state index contributed by atoms with van der Waals surface area (Å²) in [6, 6.07) is 14.6. The first kappa shape index (κ1) is 15.1. The smallest absolute Gasteiger partial charge is 0.306 e. The highest BCUT2D eigenvalue weighted by Gasteiger charge is 2.25. The van der Waals surface area contributed by atoms with Gasteiger partial charge in [0.05, 0.1) is 11.6 Å². The van der Waals surface area contributed by atoms with Crippen molar-refractivity contribution in [3.63, 3.8) is 0 Å². The van der Waals surface area contributed by atoms with Crippen molar-refractivity contribution in [3.8, 4) is 11.3 Å². The van der Waals surface area contributed by atoms with E-state index in [2.05, 4.69) is 46.7 Å². The van der Waals surface area contributed by atoms with Gasteiger partial charge >= 0.3 is 5.97 Å². The minimum atomic E-state index is -0.676. The molecule has 2 aromatic carbocycles. The Morgan fingerprint density at radius 3 is 2.67 bits per heavy atom. The number of fused-ring (bicyclic) bond motifs is 1. The molecule has 0 radical (unpaired) electrons. The summed E-state index contributed by atoms with van der Waals surface area (Å²) in [5.74, 6) is -0.885. The summed E-state index contributed by atoms with van der Waals surface area (Å²) in [5, 5.41) is 14.6. The van der Waals surface area contributed by atoms with Crippen molar-refractivity contribution in [3.05, 3.63) is 47.8 Å². The van der Waals surface area contributed by atoms with Gasteiger partial charge in [0.15, 0.2) is 5.13 Å². The molecule has 0 aliphatic carbocycles. The molecule has 0 spiro atoms. The van der Waals surface area contributed by atoms with Crippen molar-refractivity contribution in [1.82, 2.24) is 4.98 Å². The van der Waals surface area contributed by atoms with Crippen LogP contribution in [-0.2, 0) is 4.79 Å². The number of hydrogen-bond acceptors (Lipinski definition) is 4. The Bertz CT molecular complexity index is 876. The Morgan fingerprint density at radius 1 is 1.12 bits per heavy atom. The lowest BCUT2D eigenvalue weighted by Crippen LogP contribution is -2.36. The number of carboxylic acid groups (broad SMARTS) is 1. The van der Waals surface area contributed by atoms with Crippen LogP contribution in [-0.4, -0.2) is 29.1 Å². The first-order chi connectivity index (χ1) is 11.7. The van der Waals surface area contributed by atoms with E-state index in [-0.39, 0.29) is 5.92 Å². The number of hydrogen-bond donors (Lipinski definition) is 1. The molecule has 1 aliphatic heterocycles. The van der Waals surface area contributed by atoms with Crippen molar-refractivity contribution in [2.75, 3.05) is 18.0 Å². The van der Waals surface area contributed by atoms with Gasteiger partial charge in [0.2, 0.25) is 0 Å². The van der Waals surface area contributed by atoms with Crippen molar-refractivity contribution in [2.24, 2.45) is 5.92 Å². The average Bonchev–Trinajstić information content (AvgIpc) is 3.11. The highest BCUT2D eigenvalue weighted by molar-refractivity contribution is 7.14. The second-order valence-electron chi connectivity index (χ2n) is 6.14. The van der Waals surface area contributed by atoms with E-state index >= 15 is 0 Å². The minimum absolute atomic E-state index is 0.209. The van der Waals surface area contributed by atoms with Crippen molar-refractivity contribution >= 4 is 33.2 Å². The van der Waals surface area contributed by atoms with Crippen LogP contribution in [0.2, 0.25) is 0 Å². The zero-order chi connectivity index (χ0) is 16.5. The summed E-state index contributed by atoms with van der Waals surface area (Å²) in [4.78, 5) is 18.1. The number of aromatic nitrogens is 1. The second-order valence-corrected chi connectivity index (χ2v) is 6.98. The van der Waals surface area contributed by atoms with E-state index in [0.29, 0.717) is 12.8 Å². The Hall–Kier alpha value is -2.40. The van der Waals surface area contributed by atoms with Crippen LogP contribution < -0.4 is 4.90 Å². The highest BCUT2D eigenvalue weighted by atomic mass is 32.1. The van der Waals surface area contributed by atoms with Gasteiger partial charge in [0.25, 0.3) is 0 Å². The molecule has 3 aromatic rings. The van der Waals surface area contributed by atoms with Crippen LogP contribution in [0.4, 0.5) is 5.13 Å². The van der Waals surface area contributed by atoms with Crippen molar-refractivity contribution in [1.29, 1.82) is 0 Å². The summed E-state index contributed by atoms with van der Waals surface area (Å²) < 4.78 is 0. The fourth-order valence-corrected chi connectivity index (χ4v) is 4.18. The van der Waals surface area contributed by atoms with E-state index in [9.17, 15) is 4.79 Å². The number of carbonyl (C=O) groups is 1. The van der Waals surface area contributed by atoms with Crippen LogP contribution in [0.1, 0.15) is 12.8 Å². The van der Waals surface area contributed by atoms with Gasteiger partial charge in [-0.1, -0.05) is 42.5 Å². The maximum atomic E-state index is 11.1. The van der Waals surface area contributed by atoms with E-state index in [1.165, 1.54) is 10.8 Å². The third-order valence-electron chi connectivity index (χ3n) is 4.67. The topological polar surface area (TPSA) is 53.4 Å². The molecular formula is C19H18N2O2S. The first-order valence-electron chi connectivity index (χ1n) is 8.14. The Labute approximate surface area is 144 Å². The Balaban J connectivity index is 1.60. The maximum absolute atomic E-state index is 11.1. The zero-order valence-electron chi connectivity index (χ0n) is 13.2. The van der Waals surface area contributed by atoms with E-state index in [1.54, 1.807) is 11.3 Å². The van der Waals surface area contributed by atoms with Gasteiger partial charge in [-0.15, -0.1) is 11.3 Å². The zero-order valence-corrected chi connectivity index (χ0v) is 14.0. The van der Waals surface area contributed by atoms with Crippen LogP contribution in [0, 0.1) is 5.92 Å². The average molecular weight is 338 g/mol. The van der Waals surface area contributed by atoms with Crippen LogP contribution in [0.25, 0.3) is 22.0 Å².